The minimum Gasteiger partial charge on any atom is -0.414 e. The van der Waals surface area contributed by atoms with Gasteiger partial charge in [0.2, 0.25) is 0 Å². The molecule has 3 rings (SSSR count). The Kier molecular flexibility index (Phi) is 4.93. The van der Waals surface area contributed by atoms with E-state index in [0.29, 0.717) is 17.6 Å². The van der Waals surface area contributed by atoms with Gasteiger partial charge in [0.15, 0.2) is 8.32 Å². The summed E-state index contributed by atoms with van der Waals surface area (Å²) in [5.74, 6) is 0. The summed E-state index contributed by atoms with van der Waals surface area (Å²) < 4.78 is 14.4. The van der Waals surface area contributed by atoms with Gasteiger partial charge in [-0.15, -0.1) is 0 Å². The molecule has 0 saturated carbocycles. The van der Waals surface area contributed by atoms with Crippen LogP contribution >= 0.6 is 0 Å². The molecule has 1 fully saturated rings. The molecule has 2 aromatic heterocycles. The van der Waals surface area contributed by atoms with E-state index < -0.39 is 8.32 Å². The molecule has 0 radical (unpaired) electrons. The Morgan fingerprint density at radius 2 is 2.12 bits per heavy atom. The van der Waals surface area contributed by atoms with Gasteiger partial charge in [0.05, 0.1) is 23.0 Å². The van der Waals surface area contributed by atoms with Gasteiger partial charge >= 0.3 is 0 Å². The molecule has 8 heteroatoms. The summed E-state index contributed by atoms with van der Waals surface area (Å²) >= 11 is 0. The van der Waals surface area contributed by atoms with E-state index in [2.05, 4.69) is 38.8 Å². The third kappa shape index (κ3) is 3.53. The van der Waals surface area contributed by atoms with Crippen LogP contribution in [0.2, 0.25) is 18.1 Å². The van der Waals surface area contributed by atoms with Crippen molar-refractivity contribution in [3.8, 4) is 0 Å². The normalized spacial score (nSPS) is 21.4. The van der Waals surface area contributed by atoms with E-state index >= 15 is 0 Å². The summed E-state index contributed by atoms with van der Waals surface area (Å²) in [6, 6.07) is 3.17. The monoisotopic (exact) mass is 377 g/mol. The Morgan fingerprint density at radius 3 is 2.77 bits per heavy atom. The van der Waals surface area contributed by atoms with E-state index in [9.17, 15) is 10.1 Å². The van der Waals surface area contributed by atoms with Gasteiger partial charge < -0.3 is 13.7 Å². The van der Waals surface area contributed by atoms with Crippen molar-refractivity contribution in [1.82, 2.24) is 9.55 Å². The van der Waals surface area contributed by atoms with E-state index in [0.717, 1.165) is 12.8 Å². The van der Waals surface area contributed by atoms with Crippen molar-refractivity contribution in [3.05, 3.63) is 34.6 Å². The van der Waals surface area contributed by atoms with Gasteiger partial charge in [0.1, 0.15) is 11.9 Å². The fourth-order valence-electron chi connectivity index (χ4n) is 2.97. The molecule has 7 nitrogen and oxygen atoms in total. The van der Waals surface area contributed by atoms with Crippen LogP contribution < -0.4 is 0 Å². The van der Waals surface area contributed by atoms with Gasteiger partial charge in [-0.05, 0) is 37.0 Å². The molecule has 1 aliphatic heterocycles. The summed E-state index contributed by atoms with van der Waals surface area (Å²) in [6.07, 6.45) is 4.95. The number of nitro groups is 1. The lowest BCUT2D eigenvalue weighted by molar-refractivity contribution is -0.383. The second-order valence-electron chi connectivity index (χ2n) is 8.41. The number of rotatable bonds is 5. The van der Waals surface area contributed by atoms with Gasteiger partial charge in [-0.25, -0.2) is 4.98 Å². The summed E-state index contributed by atoms with van der Waals surface area (Å²) in [5.41, 5.74) is 0.666. The average molecular weight is 378 g/mol. The minimum absolute atomic E-state index is 0.0465. The van der Waals surface area contributed by atoms with Crippen LogP contribution in [-0.2, 0) is 9.16 Å². The smallest absolute Gasteiger partial charge is 0.281 e. The molecular formula is C18H27N3O4Si. The third-order valence-electron chi connectivity index (χ3n) is 5.62. The highest BCUT2D eigenvalue weighted by Crippen LogP contribution is 2.38. The van der Waals surface area contributed by atoms with Gasteiger partial charge in [0.25, 0.3) is 5.69 Å². The Hall–Kier alpha value is -1.77. The number of hydrogen-bond donors (Lipinski definition) is 0. The average Bonchev–Trinajstić information content (AvgIpc) is 3.17. The van der Waals surface area contributed by atoms with Gasteiger partial charge in [-0.2, -0.15) is 0 Å². The number of ether oxygens (including phenoxy) is 1. The van der Waals surface area contributed by atoms with E-state index in [4.69, 9.17) is 9.16 Å². The summed E-state index contributed by atoms with van der Waals surface area (Å²) in [4.78, 5) is 15.1. The van der Waals surface area contributed by atoms with Crippen molar-refractivity contribution >= 4 is 25.0 Å². The highest BCUT2D eigenvalue weighted by atomic mass is 28.4. The van der Waals surface area contributed by atoms with Crippen molar-refractivity contribution in [2.75, 3.05) is 6.61 Å². The molecule has 0 aliphatic carbocycles. The zero-order valence-corrected chi connectivity index (χ0v) is 17.1. The molecule has 0 bridgehead atoms. The molecule has 142 valence electrons. The summed E-state index contributed by atoms with van der Waals surface area (Å²) in [6.45, 7) is 11.7. The second kappa shape index (κ2) is 6.75. The lowest BCUT2D eigenvalue weighted by Gasteiger charge is -2.36. The highest BCUT2D eigenvalue weighted by molar-refractivity contribution is 6.74. The van der Waals surface area contributed by atoms with Gasteiger partial charge in [0, 0.05) is 18.5 Å². The molecule has 0 amide bonds. The molecule has 0 spiro atoms. The summed E-state index contributed by atoms with van der Waals surface area (Å²) in [7, 11) is -1.80. The lowest BCUT2D eigenvalue weighted by Crippen LogP contribution is -2.42. The topological polar surface area (TPSA) is 79.4 Å². The summed E-state index contributed by atoms with van der Waals surface area (Å²) in [5, 5.41) is 11.9. The van der Waals surface area contributed by atoms with Crippen molar-refractivity contribution in [2.24, 2.45) is 0 Å². The molecule has 1 aliphatic rings. The first-order valence-corrected chi connectivity index (χ1v) is 11.9. The SMILES string of the molecule is CC(C)(C)[Si](C)(C)OC[C@@H]1CC[C@@H](n2ccc3c([N+](=O)[O-])ccnc32)O1. The maximum absolute atomic E-state index is 11.2. The number of nitrogens with zero attached hydrogens (tertiary/aromatic N) is 3. The van der Waals surface area contributed by atoms with Crippen LogP contribution in [0.1, 0.15) is 39.8 Å². The first-order valence-electron chi connectivity index (χ1n) is 8.99. The molecule has 0 N–H and O–H groups in total. The van der Waals surface area contributed by atoms with Gasteiger partial charge in [-0.3, -0.25) is 10.1 Å². The van der Waals surface area contributed by atoms with Crippen molar-refractivity contribution in [3.63, 3.8) is 0 Å². The number of fused-ring (bicyclic) bond motifs is 1. The second-order valence-corrected chi connectivity index (χ2v) is 13.2. The standard InChI is InChI=1S/C18H27N3O4Si/c1-18(2,3)26(4,5)24-12-13-6-7-16(25-13)20-11-9-14-15(21(22)23)8-10-19-17(14)20/h8-11,13,16H,6-7,12H2,1-5H3/t13-,16-/m0/s1. The molecule has 2 atom stereocenters. The van der Waals surface area contributed by atoms with Crippen LogP contribution in [0.5, 0.6) is 0 Å². The van der Waals surface area contributed by atoms with Crippen LogP contribution in [-0.4, -0.2) is 35.5 Å². The molecule has 1 saturated heterocycles. The minimum atomic E-state index is -1.80. The highest BCUT2D eigenvalue weighted by Gasteiger charge is 2.38. The van der Waals surface area contributed by atoms with E-state index in [1.54, 1.807) is 6.07 Å². The van der Waals surface area contributed by atoms with E-state index in [-0.39, 0.29) is 28.0 Å². The molecular weight excluding hydrogens is 350 g/mol. The predicted molar refractivity (Wildman–Crippen MR) is 103 cm³/mol. The van der Waals surface area contributed by atoms with Crippen LogP contribution in [0, 0.1) is 10.1 Å². The fraction of sp³-hybridized carbons (Fsp3) is 0.611. The van der Waals surface area contributed by atoms with Crippen molar-refractivity contribution < 1.29 is 14.1 Å². The molecule has 0 aromatic carbocycles. The van der Waals surface area contributed by atoms with Gasteiger partial charge in [-0.1, -0.05) is 20.8 Å². The van der Waals surface area contributed by atoms with E-state index in [1.165, 1.54) is 12.3 Å². The quantitative estimate of drug-likeness (QED) is 0.431. The predicted octanol–water partition coefficient (Wildman–Crippen LogP) is 4.64. The number of aromatic nitrogens is 2. The molecule has 3 heterocycles. The number of hydrogen-bond acceptors (Lipinski definition) is 5. The molecule has 0 unspecified atom stereocenters. The first kappa shape index (κ1) is 19.0. The fourth-order valence-corrected chi connectivity index (χ4v) is 4.00. The lowest BCUT2D eigenvalue weighted by atomic mass is 10.2. The third-order valence-corrected chi connectivity index (χ3v) is 10.1. The Balaban J connectivity index is 1.71. The van der Waals surface area contributed by atoms with Crippen LogP contribution in [0.15, 0.2) is 24.5 Å². The maximum Gasteiger partial charge on any atom is 0.281 e. The Bertz CT molecular complexity index is 812. The van der Waals surface area contributed by atoms with Crippen molar-refractivity contribution in [2.45, 2.75) is 64.1 Å². The van der Waals surface area contributed by atoms with Crippen LogP contribution in [0.4, 0.5) is 5.69 Å². The molecule has 26 heavy (non-hydrogen) atoms. The molecule has 2 aromatic rings. The largest absolute Gasteiger partial charge is 0.414 e. The van der Waals surface area contributed by atoms with Crippen molar-refractivity contribution in [1.29, 1.82) is 0 Å². The number of pyridine rings is 1. The maximum atomic E-state index is 11.2. The Labute approximate surface area is 154 Å². The zero-order chi connectivity index (χ0) is 19.1. The Morgan fingerprint density at radius 1 is 1.38 bits per heavy atom. The van der Waals surface area contributed by atoms with Crippen LogP contribution in [0.25, 0.3) is 11.0 Å². The van der Waals surface area contributed by atoms with E-state index in [1.807, 2.05) is 10.8 Å². The van der Waals surface area contributed by atoms with Crippen LogP contribution in [0.3, 0.4) is 0 Å². The first-order chi connectivity index (χ1) is 12.1. The zero-order valence-electron chi connectivity index (χ0n) is 16.1.